The van der Waals surface area contributed by atoms with Crippen LogP contribution in [0.15, 0.2) is 18.2 Å². The molecule has 1 fully saturated rings. The van der Waals surface area contributed by atoms with Crippen molar-refractivity contribution >= 4 is 0 Å². The first-order chi connectivity index (χ1) is 9.69. The van der Waals surface area contributed by atoms with Gasteiger partial charge in [-0.3, -0.25) is 0 Å². The summed E-state index contributed by atoms with van der Waals surface area (Å²) in [6.07, 6.45) is 2.60. The van der Waals surface area contributed by atoms with Gasteiger partial charge in [0.2, 0.25) is 0 Å². The number of phenols is 1. The minimum Gasteiger partial charge on any atom is -0.504 e. The van der Waals surface area contributed by atoms with Gasteiger partial charge in [-0.25, -0.2) is 0 Å². The van der Waals surface area contributed by atoms with Crippen LogP contribution in [0.3, 0.4) is 0 Å². The Morgan fingerprint density at radius 2 is 2.30 bits per heavy atom. The molecule has 0 spiro atoms. The van der Waals surface area contributed by atoms with E-state index < -0.39 is 0 Å². The fraction of sp³-hybridized carbons (Fsp3) is 0.625. The maximum atomic E-state index is 9.71. The number of nitrogens with zero attached hydrogens (tertiary/aromatic N) is 1. The Kier molecular flexibility index (Phi) is 5.68. The molecule has 0 aromatic heterocycles. The Balaban J connectivity index is 1.89. The van der Waals surface area contributed by atoms with Crippen LogP contribution in [-0.4, -0.2) is 43.3 Å². The van der Waals surface area contributed by atoms with Crippen LogP contribution < -0.4 is 10.1 Å². The summed E-state index contributed by atoms with van der Waals surface area (Å²) >= 11 is 0. The van der Waals surface area contributed by atoms with Gasteiger partial charge in [0, 0.05) is 13.1 Å². The molecule has 0 saturated carbocycles. The van der Waals surface area contributed by atoms with E-state index in [0.717, 1.165) is 32.1 Å². The molecule has 20 heavy (non-hydrogen) atoms. The second-order valence-electron chi connectivity index (χ2n) is 5.64. The van der Waals surface area contributed by atoms with E-state index in [9.17, 15) is 5.11 Å². The van der Waals surface area contributed by atoms with Crippen LogP contribution in [-0.2, 0) is 6.54 Å². The Bertz CT molecular complexity index is 417. The smallest absolute Gasteiger partial charge is 0.161 e. The summed E-state index contributed by atoms with van der Waals surface area (Å²) in [5.74, 6) is 1.55. The van der Waals surface area contributed by atoms with E-state index in [-0.39, 0.29) is 5.75 Å². The van der Waals surface area contributed by atoms with E-state index in [0.29, 0.717) is 12.4 Å². The molecule has 1 atom stereocenters. The molecule has 1 aliphatic rings. The van der Waals surface area contributed by atoms with Crippen LogP contribution in [0.2, 0.25) is 0 Å². The van der Waals surface area contributed by atoms with Gasteiger partial charge >= 0.3 is 0 Å². The van der Waals surface area contributed by atoms with Gasteiger partial charge < -0.3 is 20.1 Å². The number of rotatable bonds is 6. The molecule has 4 nitrogen and oxygen atoms in total. The molecule has 112 valence electrons. The molecule has 0 radical (unpaired) electrons. The molecule has 1 heterocycles. The van der Waals surface area contributed by atoms with Crippen LogP contribution in [0.1, 0.15) is 25.3 Å². The van der Waals surface area contributed by atoms with Gasteiger partial charge in [0.1, 0.15) is 0 Å². The van der Waals surface area contributed by atoms with Gasteiger partial charge in [0.05, 0.1) is 6.61 Å². The van der Waals surface area contributed by atoms with Crippen LogP contribution in [0, 0.1) is 5.92 Å². The summed E-state index contributed by atoms with van der Waals surface area (Å²) in [6.45, 7) is 6.78. The third kappa shape index (κ3) is 4.39. The Hall–Kier alpha value is -1.26. The minimum atomic E-state index is 0.217. The van der Waals surface area contributed by atoms with Gasteiger partial charge in [-0.2, -0.15) is 0 Å². The lowest BCUT2D eigenvalue weighted by Crippen LogP contribution is -2.36. The lowest BCUT2D eigenvalue weighted by molar-refractivity contribution is 0.237. The van der Waals surface area contributed by atoms with Crippen molar-refractivity contribution in [1.29, 1.82) is 0 Å². The third-order valence-corrected chi connectivity index (χ3v) is 3.75. The molecular weight excluding hydrogens is 252 g/mol. The summed E-state index contributed by atoms with van der Waals surface area (Å²) in [4.78, 5) is 2.35. The number of hydrogen-bond donors (Lipinski definition) is 2. The first kappa shape index (κ1) is 15.1. The molecule has 1 aromatic carbocycles. The van der Waals surface area contributed by atoms with Crippen LogP contribution in [0.25, 0.3) is 0 Å². The molecule has 0 amide bonds. The zero-order chi connectivity index (χ0) is 14.4. The molecule has 1 aliphatic heterocycles. The first-order valence-electron chi connectivity index (χ1n) is 7.53. The van der Waals surface area contributed by atoms with E-state index in [1.54, 1.807) is 6.07 Å². The normalized spacial score (nSPS) is 19.2. The molecule has 1 saturated heterocycles. The monoisotopic (exact) mass is 278 g/mol. The molecular formula is C16H26N2O2. The Morgan fingerprint density at radius 1 is 1.45 bits per heavy atom. The number of piperidine rings is 1. The number of ether oxygens (including phenoxy) is 1. The number of benzene rings is 1. The van der Waals surface area contributed by atoms with E-state index in [4.69, 9.17) is 4.74 Å². The van der Waals surface area contributed by atoms with Crippen molar-refractivity contribution < 1.29 is 9.84 Å². The van der Waals surface area contributed by atoms with Gasteiger partial charge in [-0.1, -0.05) is 6.07 Å². The molecule has 2 rings (SSSR count). The average Bonchev–Trinajstić information content (AvgIpc) is 2.44. The Labute approximate surface area is 121 Å². The lowest BCUT2D eigenvalue weighted by Gasteiger charge is -2.27. The highest BCUT2D eigenvalue weighted by atomic mass is 16.5. The lowest BCUT2D eigenvalue weighted by atomic mass is 9.99. The maximum Gasteiger partial charge on any atom is 0.161 e. The molecule has 1 aromatic rings. The Morgan fingerprint density at radius 3 is 3.00 bits per heavy atom. The molecule has 0 aliphatic carbocycles. The van der Waals surface area contributed by atoms with Crippen LogP contribution in [0.4, 0.5) is 0 Å². The minimum absolute atomic E-state index is 0.217. The van der Waals surface area contributed by atoms with Gasteiger partial charge in [0.25, 0.3) is 0 Å². The highest BCUT2D eigenvalue weighted by Gasteiger charge is 2.15. The molecule has 0 bridgehead atoms. The largest absolute Gasteiger partial charge is 0.504 e. The molecule has 4 heteroatoms. The zero-order valence-corrected chi connectivity index (χ0v) is 12.6. The summed E-state index contributed by atoms with van der Waals surface area (Å²) in [6, 6.07) is 5.62. The van der Waals surface area contributed by atoms with Crippen molar-refractivity contribution in [1.82, 2.24) is 10.2 Å². The van der Waals surface area contributed by atoms with Gasteiger partial charge in [-0.05, 0) is 63.5 Å². The van der Waals surface area contributed by atoms with E-state index in [2.05, 4.69) is 17.3 Å². The van der Waals surface area contributed by atoms with Crippen molar-refractivity contribution in [3.8, 4) is 11.5 Å². The fourth-order valence-electron chi connectivity index (χ4n) is 2.82. The quantitative estimate of drug-likeness (QED) is 0.837. The van der Waals surface area contributed by atoms with Crippen molar-refractivity contribution in [3.05, 3.63) is 23.8 Å². The van der Waals surface area contributed by atoms with Gasteiger partial charge in [0.15, 0.2) is 11.5 Å². The standard InChI is InChI=1S/C16H26N2O2/c1-3-20-16-9-13(6-7-15(16)19)11-18(2)12-14-5-4-8-17-10-14/h6-7,9,14,17,19H,3-5,8,10-12H2,1-2H3. The third-order valence-electron chi connectivity index (χ3n) is 3.75. The molecule has 1 unspecified atom stereocenters. The summed E-state index contributed by atoms with van der Waals surface area (Å²) in [5.41, 5.74) is 1.18. The van der Waals surface area contributed by atoms with Crippen LogP contribution >= 0.6 is 0 Å². The highest BCUT2D eigenvalue weighted by molar-refractivity contribution is 5.41. The number of phenolic OH excluding ortho intramolecular Hbond substituents is 1. The van der Waals surface area contributed by atoms with E-state index in [1.807, 2.05) is 19.1 Å². The predicted molar refractivity (Wildman–Crippen MR) is 81.2 cm³/mol. The highest BCUT2D eigenvalue weighted by Crippen LogP contribution is 2.27. The summed E-state index contributed by atoms with van der Waals surface area (Å²) < 4.78 is 5.43. The topological polar surface area (TPSA) is 44.7 Å². The van der Waals surface area contributed by atoms with Crippen molar-refractivity contribution in [2.24, 2.45) is 5.92 Å². The fourth-order valence-corrected chi connectivity index (χ4v) is 2.82. The second kappa shape index (κ2) is 7.50. The van der Waals surface area contributed by atoms with Gasteiger partial charge in [-0.15, -0.1) is 0 Å². The zero-order valence-electron chi connectivity index (χ0n) is 12.6. The van der Waals surface area contributed by atoms with E-state index >= 15 is 0 Å². The van der Waals surface area contributed by atoms with Crippen molar-refractivity contribution in [2.45, 2.75) is 26.3 Å². The number of aromatic hydroxyl groups is 1. The predicted octanol–water partition coefficient (Wildman–Crippen LogP) is 2.22. The van der Waals surface area contributed by atoms with Crippen LogP contribution in [0.5, 0.6) is 11.5 Å². The number of nitrogens with one attached hydrogen (secondary N) is 1. The van der Waals surface area contributed by atoms with Crippen molar-refractivity contribution in [2.75, 3.05) is 33.3 Å². The number of hydrogen-bond acceptors (Lipinski definition) is 4. The maximum absolute atomic E-state index is 9.71. The summed E-state index contributed by atoms with van der Waals surface area (Å²) in [5, 5.41) is 13.2. The first-order valence-corrected chi connectivity index (χ1v) is 7.53. The SMILES string of the molecule is CCOc1cc(CN(C)CC2CCCNC2)ccc1O. The molecule has 2 N–H and O–H groups in total. The van der Waals surface area contributed by atoms with E-state index in [1.165, 1.54) is 18.4 Å². The van der Waals surface area contributed by atoms with Crippen molar-refractivity contribution in [3.63, 3.8) is 0 Å². The second-order valence-corrected chi connectivity index (χ2v) is 5.64. The average molecular weight is 278 g/mol. The summed E-state index contributed by atoms with van der Waals surface area (Å²) in [7, 11) is 2.15.